The van der Waals surface area contributed by atoms with Crippen molar-refractivity contribution in [2.24, 2.45) is 0 Å². The Morgan fingerprint density at radius 1 is 1.15 bits per heavy atom. The summed E-state index contributed by atoms with van der Waals surface area (Å²) in [6.07, 6.45) is 2.27. The number of hydrogen-bond donors (Lipinski definition) is 0. The molecule has 2 aliphatic heterocycles. The monoisotopic (exact) mass is 275 g/mol. The van der Waals surface area contributed by atoms with Crippen LogP contribution in [0.5, 0.6) is 0 Å². The summed E-state index contributed by atoms with van der Waals surface area (Å²) in [5, 5.41) is 0. The molecule has 2 aliphatic rings. The molecule has 1 unspecified atom stereocenters. The molecule has 2 fully saturated rings. The summed E-state index contributed by atoms with van der Waals surface area (Å²) in [4.78, 5) is 4.69. The highest BCUT2D eigenvalue weighted by Crippen LogP contribution is 2.36. The van der Waals surface area contributed by atoms with Crippen molar-refractivity contribution in [3.63, 3.8) is 0 Å². The van der Waals surface area contributed by atoms with Crippen LogP contribution in [-0.2, 0) is 14.0 Å². The van der Waals surface area contributed by atoms with Crippen LogP contribution in [0, 0.1) is 0 Å². The van der Waals surface area contributed by atoms with E-state index in [1.165, 1.54) is 0 Å². The van der Waals surface area contributed by atoms with E-state index < -0.39 is 7.12 Å². The van der Waals surface area contributed by atoms with Gasteiger partial charge in [-0.25, -0.2) is 0 Å². The SMILES string of the molecule is CC1(C)OB(c2cccc(C3CCCO3)n2)OC1(C)C. The smallest absolute Gasteiger partial charge is 0.398 e. The minimum absolute atomic E-state index is 0.123. The van der Waals surface area contributed by atoms with Gasteiger partial charge in [0.25, 0.3) is 0 Å². The van der Waals surface area contributed by atoms with Crippen molar-refractivity contribution in [1.29, 1.82) is 0 Å². The molecule has 2 saturated heterocycles. The van der Waals surface area contributed by atoms with E-state index >= 15 is 0 Å². The first-order chi connectivity index (χ1) is 9.39. The molecule has 1 atom stereocenters. The molecular formula is C15H22BNO3. The molecule has 0 aliphatic carbocycles. The largest absolute Gasteiger partial charge is 0.514 e. The first-order valence-electron chi connectivity index (χ1n) is 7.33. The van der Waals surface area contributed by atoms with Gasteiger partial charge in [0.2, 0.25) is 0 Å². The molecule has 0 saturated carbocycles. The van der Waals surface area contributed by atoms with E-state index in [4.69, 9.17) is 19.0 Å². The highest BCUT2D eigenvalue weighted by atomic mass is 16.7. The summed E-state index contributed by atoms with van der Waals surface area (Å²) in [5.74, 6) is 0. The van der Waals surface area contributed by atoms with Crippen LogP contribution in [0.15, 0.2) is 18.2 Å². The Bertz CT molecular complexity index is 482. The summed E-state index contributed by atoms with van der Waals surface area (Å²) in [7, 11) is -0.402. The molecule has 3 rings (SSSR count). The van der Waals surface area contributed by atoms with Crippen LogP contribution in [-0.4, -0.2) is 29.9 Å². The van der Waals surface area contributed by atoms with Gasteiger partial charge < -0.3 is 14.0 Å². The minimum Gasteiger partial charge on any atom is -0.398 e. The maximum atomic E-state index is 6.04. The van der Waals surface area contributed by atoms with Crippen molar-refractivity contribution in [3.05, 3.63) is 23.9 Å². The van der Waals surface area contributed by atoms with Crippen molar-refractivity contribution in [1.82, 2.24) is 4.98 Å². The Kier molecular flexibility index (Phi) is 3.39. The topological polar surface area (TPSA) is 40.6 Å². The summed E-state index contributed by atoms with van der Waals surface area (Å²) < 4.78 is 17.8. The van der Waals surface area contributed by atoms with Crippen LogP contribution in [0.3, 0.4) is 0 Å². The van der Waals surface area contributed by atoms with E-state index in [0.29, 0.717) is 0 Å². The van der Waals surface area contributed by atoms with Crippen molar-refractivity contribution >= 4 is 12.7 Å². The Morgan fingerprint density at radius 2 is 1.85 bits per heavy atom. The molecule has 4 nitrogen and oxygen atoms in total. The van der Waals surface area contributed by atoms with Gasteiger partial charge in [0.15, 0.2) is 0 Å². The van der Waals surface area contributed by atoms with Crippen LogP contribution in [0.2, 0.25) is 0 Å². The molecule has 0 amide bonds. The van der Waals surface area contributed by atoms with Gasteiger partial charge in [-0.1, -0.05) is 6.07 Å². The average molecular weight is 275 g/mol. The van der Waals surface area contributed by atoms with Crippen molar-refractivity contribution in [3.8, 4) is 0 Å². The lowest BCUT2D eigenvalue weighted by Crippen LogP contribution is -2.41. The zero-order valence-electron chi connectivity index (χ0n) is 12.7. The fourth-order valence-electron chi connectivity index (χ4n) is 2.55. The molecule has 0 aromatic carbocycles. The second-order valence-electron chi connectivity index (χ2n) is 6.58. The van der Waals surface area contributed by atoms with Gasteiger partial charge in [0, 0.05) is 6.61 Å². The van der Waals surface area contributed by atoms with E-state index in [1.807, 2.05) is 18.2 Å². The Labute approximate surface area is 121 Å². The summed E-state index contributed by atoms with van der Waals surface area (Å²) in [5.41, 5.74) is 1.14. The zero-order chi connectivity index (χ0) is 14.4. The summed E-state index contributed by atoms with van der Waals surface area (Å²) in [6.45, 7) is 9.04. The number of nitrogens with zero attached hydrogens (tertiary/aromatic N) is 1. The lowest BCUT2D eigenvalue weighted by atomic mass is 9.84. The van der Waals surface area contributed by atoms with Gasteiger partial charge in [-0.15, -0.1) is 0 Å². The van der Waals surface area contributed by atoms with Crippen molar-refractivity contribution < 1.29 is 14.0 Å². The zero-order valence-corrected chi connectivity index (χ0v) is 12.7. The Hall–Kier alpha value is -0.905. The van der Waals surface area contributed by atoms with Gasteiger partial charge in [-0.3, -0.25) is 4.98 Å². The normalized spacial score (nSPS) is 28.0. The number of aromatic nitrogens is 1. The maximum absolute atomic E-state index is 6.04. The molecule has 20 heavy (non-hydrogen) atoms. The van der Waals surface area contributed by atoms with E-state index in [0.717, 1.165) is 30.7 Å². The highest BCUT2D eigenvalue weighted by Gasteiger charge is 2.52. The molecule has 1 aromatic heterocycles. The van der Waals surface area contributed by atoms with Gasteiger partial charge in [0.1, 0.15) is 0 Å². The second-order valence-corrected chi connectivity index (χ2v) is 6.58. The molecule has 0 spiro atoms. The lowest BCUT2D eigenvalue weighted by molar-refractivity contribution is 0.00578. The van der Waals surface area contributed by atoms with Crippen molar-refractivity contribution in [2.75, 3.05) is 6.61 Å². The number of ether oxygens (including phenoxy) is 1. The molecule has 0 bridgehead atoms. The molecule has 0 N–H and O–H groups in total. The highest BCUT2D eigenvalue weighted by molar-refractivity contribution is 6.61. The van der Waals surface area contributed by atoms with E-state index in [-0.39, 0.29) is 17.3 Å². The third kappa shape index (κ3) is 2.38. The number of rotatable bonds is 2. The predicted octanol–water partition coefficient (Wildman–Crippen LogP) is 2.23. The van der Waals surface area contributed by atoms with Crippen LogP contribution in [0.4, 0.5) is 0 Å². The van der Waals surface area contributed by atoms with Gasteiger partial charge in [0.05, 0.1) is 28.6 Å². The Morgan fingerprint density at radius 3 is 2.45 bits per heavy atom. The van der Waals surface area contributed by atoms with E-state index in [1.54, 1.807) is 0 Å². The first kappa shape index (κ1) is 14.0. The molecular weight excluding hydrogens is 253 g/mol. The van der Waals surface area contributed by atoms with E-state index in [2.05, 4.69) is 27.7 Å². The third-order valence-electron chi connectivity index (χ3n) is 4.55. The first-order valence-corrected chi connectivity index (χ1v) is 7.33. The third-order valence-corrected chi connectivity index (χ3v) is 4.55. The van der Waals surface area contributed by atoms with Gasteiger partial charge in [-0.2, -0.15) is 0 Å². The molecule has 0 radical (unpaired) electrons. The predicted molar refractivity (Wildman–Crippen MR) is 77.9 cm³/mol. The molecule has 1 aromatic rings. The fraction of sp³-hybridized carbons (Fsp3) is 0.667. The number of pyridine rings is 1. The maximum Gasteiger partial charge on any atom is 0.514 e. The number of hydrogen-bond acceptors (Lipinski definition) is 4. The van der Waals surface area contributed by atoms with Crippen LogP contribution >= 0.6 is 0 Å². The Balaban J connectivity index is 1.83. The van der Waals surface area contributed by atoms with Gasteiger partial charge in [-0.05, 0) is 52.7 Å². The van der Waals surface area contributed by atoms with Crippen LogP contribution in [0.25, 0.3) is 0 Å². The fourth-order valence-corrected chi connectivity index (χ4v) is 2.55. The molecule has 108 valence electrons. The van der Waals surface area contributed by atoms with Gasteiger partial charge >= 0.3 is 7.12 Å². The quantitative estimate of drug-likeness (QED) is 0.776. The summed E-state index contributed by atoms with van der Waals surface area (Å²) in [6, 6.07) is 5.98. The molecule has 3 heterocycles. The second kappa shape index (κ2) is 4.83. The van der Waals surface area contributed by atoms with E-state index in [9.17, 15) is 0 Å². The van der Waals surface area contributed by atoms with Crippen LogP contribution < -0.4 is 5.59 Å². The van der Waals surface area contributed by atoms with Crippen LogP contribution in [0.1, 0.15) is 52.3 Å². The minimum atomic E-state index is -0.402. The summed E-state index contributed by atoms with van der Waals surface area (Å²) >= 11 is 0. The average Bonchev–Trinajstić information content (AvgIpc) is 2.97. The van der Waals surface area contributed by atoms with Crippen molar-refractivity contribution in [2.45, 2.75) is 57.8 Å². The standard InChI is InChI=1S/C15H22BNO3/c1-14(2)15(3,4)20-16(19-14)13-9-5-7-11(17-13)12-8-6-10-18-12/h5,7,9,12H,6,8,10H2,1-4H3. The lowest BCUT2D eigenvalue weighted by Gasteiger charge is -2.32. The molecule has 5 heteroatoms.